The average Bonchev–Trinajstić information content (AvgIpc) is 3.41. The molecule has 1 aliphatic heterocycles. The molecule has 4 N–H and O–H groups in total. The monoisotopic (exact) mass is 435 g/mol. The molecule has 1 saturated carbocycles. The van der Waals surface area contributed by atoms with Crippen molar-refractivity contribution in [2.45, 2.75) is 37.8 Å². The normalized spacial score (nSPS) is 20.2. The molecule has 0 bridgehead atoms. The van der Waals surface area contributed by atoms with Gasteiger partial charge in [-0.25, -0.2) is 22.4 Å². The van der Waals surface area contributed by atoms with Crippen LogP contribution in [0.2, 0.25) is 0 Å². The van der Waals surface area contributed by atoms with Crippen LogP contribution < -0.4 is 16.4 Å². The lowest BCUT2D eigenvalue weighted by atomic mass is 9.81. The molecule has 7 nitrogen and oxygen atoms in total. The van der Waals surface area contributed by atoms with Crippen molar-refractivity contribution in [3.8, 4) is 11.8 Å². The highest BCUT2D eigenvalue weighted by atomic mass is 19.3. The number of nitrogens with one attached hydrogen (secondary N) is 2. The Morgan fingerprint density at radius 2 is 2.06 bits per heavy atom. The van der Waals surface area contributed by atoms with E-state index in [1.54, 1.807) is 0 Å². The third kappa shape index (κ3) is 3.58. The van der Waals surface area contributed by atoms with E-state index in [9.17, 15) is 27.2 Å². The third-order valence-corrected chi connectivity index (χ3v) is 5.19. The minimum atomic E-state index is -3.54. The van der Waals surface area contributed by atoms with E-state index in [1.165, 1.54) is 0 Å². The number of aromatic nitrogens is 2. The van der Waals surface area contributed by atoms with Gasteiger partial charge in [0.25, 0.3) is 11.8 Å². The number of benzene rings is 1. The molecule has 0 spiro atoms. The molecule has 4 rings (SSSR count). The molecule has 0 unspecified atom stereocenters. The van der Waals surface area contributed by atoms with Crippen molar-refractivity contribution in [2.24, 2.45) is 11.7 Å². The predicted octanol–water partition coefficient (Wildman–Crippen LogP) is 2.71. The Morgan fingerprint density at radius 1 is 1.35 bits per heavy atom. The quantitative estimate of drug-likeness (QED) is 0.508. The molecule has 11 heteroatoms. The summed E-state index contributed by atoms with van der Waals surface area (Å²) in [6.07, 6.45) is 2.29. The third-order valence-electron chi connectivity index (χ3n) is 5.19. The molecule has 1 aromatic heterocycles. The molecule has 31 heavy (non-hydrogen) atoms. The maximum atomic E-state index is 15.0. The second-order valence-corrected chi connectivity index (χ2v) is 7.61. The summed E-state index contributed by atoms with van der Waals surface area (Å²) in [4.78, 5) is 23.7. The number of halogens is 4. The molecule has 0 radical (unpaired) electrons. The number of nitrogens with two attached hydrogens (primary N) is 1. The summed E-state index contributed by atoms with van der Waals surface area (Å²) in [6, 6.07) is 1.05. The van der Waals surface area contributed by atoms with E-state index in [-0.39, 0.29) is 22.7 Å². The van der Waals surface area contributed by atoms with Crippen LogP contribution in [0.4, 0.5) is 28.0 Å². The Balaban J connectivity index is 1.82. The number of alkyl halides is 2. The molecule has 1 aromatic carbocycles. The summed E-state index contributed by atoms with van der Waals surface area (Å²) in [7, 11) is 0. The molecule has 2 aromatic rings. The van der Waals surface area contributed by atoms with Gasteiger partial charge in [-0.1, -0.05) is 11.8 Å². The van der Waals surface area contributed by atoms with Gasteiger partial charge >= 0.3 is 6.03 Å². The minimum absolute atomic E-state index is 0.0412. The highest BCUT2D eigenvalue weighted by Gasteiger charge is 2.55. The molecule has 162 valence electrons. The lowest BCUT2D eigenvalue weighted by Gasteiger charge is -2.40. The van der Waals surface area contributed by atoms with Crippen LogP contribution in [0, 0.1) is 29.4 Å². The molecule has 1 fully saturated rings. The first kappa shape index (κ1) is 20.7. The summed E-state index contributed by atoms with van der Waals surface area (Å²) < 4.78 is 59.0. The van der Waals surface area contributed by atoms with Gasteiger partial charge in [-0.3, -0.25) is 9.48 Å². The fraction of sp³-hybridized carbons (Fsp3) is 0.350. The van der Waals surface area contributed by atoms with Gasteiger partial charge in [-0.15, -0.1) is 0 Å². The number of hydrogen-bond acceptors (Lipinski definition) is 3. The highest BCUT2D eigenvalue weighted by molar-refractivity contribution is 5.95. The van der Waals surface area contributed by atoms with Crippen LogP contribution in [0.15, 0.2) is 18.3 Å². The Hall–Kier alpha value is -3.55. The number of amides is 3. The molecule has 2 aliphatic rings. The maximum Gasteiger partial charge on any atom is 0.320 e. The van der Waals surface area contributed by atoms with Crippen LogP contribution in [-0.4, -0.2) is 27.6 Å². The summed E-state index contributed by atoms with van der Waals surface area (Å²) in [6.45, 7) is 0.176. The summed E-state index contributed by atoms with van der Waals surface area (Å²) in [5.41, 5.74) is 1.69. The largest absolute Gasteiger partial charge is 0.364 e. The molecular formula is C20H17F4N5O2. The van der Waals surface area contributed by atoms with Crippen molar-refractivity contribution < 1.29 is 27.2 Å². The van der Waals surface area contributed by atoms with Gasteiger partial charge in [0.15, 0.2) is 17.1 Å². The molecule has 1 atom stereocenters. The summed E-state index contributed by atoms with van der Waals surface area (Å²) in [5, 5.41) is 8.19. The molecule has 0 saturated heterocycles. The van der Waals surface area contributed by atoms with Gasteiger partial charge in [-0.2, -0.15) is 5.10 Å². The van der Waals surface area contributed by atoms with Crippen molar-refractivity contribution in [2.75, 3.05) is 5.32 Å². The van der Waals surface area contributed by atoms with E-state index >= 15 is 0 Å². The first-order chi connectivity index (χ1) is 14.5. The van der Waals surface area contributed by atoms with Crippen LogP contribution in [0.3, 0.4) is 0 Å². The van der Waals surface area contributed by atoms with Gasteiger partial charge in [0.1, 0.15) is 5.82 Å². The van der Waals surface area contributed by atoms with Crippen molar-refractivity contribution in [3.05, 3.63) is 46.8 Å². The number of rotatable bonds is 4. The number of primary amides is 1. The van der Waals surface area contributed by atoms with E-state index in [4.69, 9.17) is 5.73 Å². The van der Waals surface area contributed by atoms with Gasteiger partial charge in [0.2, 0.25) is 0 Å². The van der Waals surface area contributed by atoms with Crippen LogP contribution in [0.1, 0.15) is 41.4 Å². The van der Waals surface area contributed by atoms with Crippen LogP contribution in [-0.2, 0) is 12.1 Å². The van der Waals surface area contributed by atoms with E-state index in [2.05, 4.69) is 27.6 Å². The zero-order valence-corrected chi connectivity index (χ0v) is 16.2. The number of fused-ring (bicyclic) bond motifs is 1. The molecule has 3 amide bonds. The maximum absolute atomic E-state index is 15.0. The zero-order valence-electron chi connectivity index (χ0n) is 16.2. The number of anilines is 1. The number of hydrogen-bond donors (Lipinski definition) is 3. The van der Waals surface area contributed by atoms with Gasteiger partial charge in [0.05, 0.1) is 12.7 Å². The second-order valence-electron chi connectivity index (χ2n) is 7.61. The molecule has 1 aliphatic carbocycles. The summed E-state index contributed by atoms with van der Waals surface area (Å²) in [5.74, 6) is -1.39. The van der Waals surface area contributed by atoms with Crippen molar-refractivity contribution in [1.82, 2.24) is 15.1 Å². The fourth-order valence-electron chi connectivity index (χ4n) is 3.43. The molecular weight excluding hydrogens is 418 g/mol. The first-order valence-corrected chi connectivity index (χ1v) is 9.35. The Kier molecular flexibility index (Phi) is 4.68. The van der Waals surface area contributed by atoms with Crippen LogP contribution in [0.5, 0.6) is 0 Å². The van der Waals surface area contributed by atoms with Gasteiger partial charge in [-0.05, 0) is 25.0 Å². The van der Waals surface area contributed by atoms with Crippen molar-refractivity contribution >= 4 is 17.6 Å². The van der Waals surface area contributed by atoms with Crippen LogP contribution in [0.25, 0.3) is 0 Å². The highest BCUT2D eigenvalue weighted by Crippen LogP contribution is 2.44. The zero-order chi connectivity index (χ0) is 22.6. The number of carbonyl (C=O) groups is 2. The van der Waals surface area contributed by atoms with Crippen LogP contribution >= 0.6 is 0 Å². The number of carbonyl (C=O) groups excluding carboxylic acids is 2. The predicted molar refractivity (Wildman–Crippen MR) is 101 cm³/mol. The Morgan fingerprint density at radius 3 is 2.68 bits per heavy atom. The first-order valence-electron chi connectivity index (χ1n) is 9.35. The summed E-state index contributed by atoms with van der Waals surface area (Å²) >= 11 is 0. The number of urea groups is 1. The molecule has 2 heterocycles. The lowest BCUT2D eigenvalue weighted by molar-refractivity contribution is -0.0465. The van der Waals surface area contributed by atoms with E-state index in [0.29, 0.717) is 6.92 Å². The van der Waals surface area contributed by atoms with E-state index in [0.717, 1.165) is 35.9 Å². The van der Waals surface area contributed by atoms with Gasteiger partial charge in [0, 0.05) is 29.7 Å². The van der Waals surface area contributed by atoms with Crippen molar-refractivity contribution in [3.63, 3.8) is 0 Å². The smallest absolute Gasteiger partial charge is 0.320 e. The topological polar surface area (TPSA) is 102 Å². The fourth-order valence-corrected chi connectivity index (χ4v) is 3.43. The SMILES string of the molecule is CC(F)(F)[C@@]1(C#CC2CC2)NC(=O)Nc2cc(Cn3ncc(F)c3C(N)=O)c(F)cc21. The second kappa shape index (κ2) is 7.01. The lowest BCUT2D eigenvalue weighted by Crippen LogP contribution is -2.59. The minimum Gasteiger partial charge on any atom is -0.364 e. The van der Waals surface area contributed by atoms with E-state index in [1.807, 2.05) is 0 Å². The Bertz CT molecular complexity index is 1160. The van der Waals surface area contributed by atoms with Gasteiger partial charge < -0.3 is 16.4 Å². The average molecular weight is 435 g/mol. The Labute approximate surface area is 174 Å². The van der Waals surface area contributed by atoms with E-state index < -0.39 is 47.3 Å². The number of nitrogens with zero attached hydrogens (tertiary/aromatic N) is 2. The van der Waals surface area contributed by atoms with Crippen molar-refractivity contribution in [1.29, 1.82) is 0 Å². The standard InChI is InChI=1S/C20H17F4N5O2/c1-19(23,24)20(5-4-10-2-3-10)12-7-13(21)11(6-15(12)27-18(31)28-20)9-29-16(17(25)30)14(22)8-26-29/h6-8,10H,2-3,9H2,1H3,(H2,25,30)(H2,27,28,31)/t20-/m0/s1.